The van der Waals surface area contributed by atoms with Crippen LogP contribution < -0.4 is 16.8 Å². The molecule has 1 heterocycles. The van der Waals surface area contributed by atoms with E-state index in [-0.39, 0.29) is 24.2 Å². The Bertz CT molecular complexity index is 1040. The highest BCUT2D eigenvalue weighted by molar-refractivity contribution is 5.97. The van der Waals surface area contributed by atoms with Crippen molar-refractivity contribution < 1.29 is 9.53 Å². The summed E-state index contributed by atoms with van der Waals surface area (Å²) in [7, 11) is 0. The molecule has 2 atom stereocenters. The van der Waals surface area contributed by atoms with Gasteiger partial charge in [0.05, 0.1) is 0 Å². The van der Waals surface area contributed by atoms with Crippen LogP contribution in [-0.4, -0.2) is 18.1 Å². The fourth-order valence-corrected chi connectivity index (χ4v) is 3.26. The number of nitrogens with two attached hydrogens (primary N) is 2. The lowest BCUT2D eigenvalue weighted by Crippen LogP contribution is -2.23. The summed E-state index contributed by atoms with van der Waals surface area (Å²) in [6, 6.07) is 20.3. The molecule has 6 nitrogen and oxygen atoms in total. The fourth-order valence-electron chi connectivity index (χ4n) is 3.26. The van der Waals surface area contributed by atoms with Gasteiger partial charge < -0.3 is 21.5 Å². The van der Waals surface area contributed by atoms with E-state index in [4.69, 9.17) is 16.2 Å². The number of anilines is 1. The van der Waals surface area contributed by atoms with E-state index in [0.29, 0.717) is 0 Å². The minimum atomic E-state index is -0.294. The largest absolute Gasteiger partial charge is 0.370 e. The van der Waals surface area contributed by atoms with E-state index in [9.17, 15) is 4.79 Å². The van der Waals surface area contributed by atoms with Gasteiger partial charge in [0, 0.05) is 12.6 Å². The van der Waals surface area contributed by atoms with E-state index in [2.05, 4.69) is 34.6 Å². The average molecular weight is 360 g/mol. The molecule has 0 aliphatic carbocycles. The second kappa shape index (κ2) is 6.74. The van der Waals surface area contributed by atoms with Crippen LogP contribution in [0.1, 0.15) is 18.6 Å². The number of benzene rings is 3. The van der Waals surface area contributed by atoms with Crippen LogP contribution in [0.5, 0.6) is 0 Å². The summed E-state index contributed by atoms with van der Waals surface area (Å²) in [6.07, 6.45) is -0.394. The molecule has 4 rings (SSSR count). The van der Waals surface area contributed by atoms with Crippen LogP contribution >= 0.6 is 0 Å². The minimum absolute atomic E-state index is 0.0354. The molecule has 6 heteroatoms. The zero-order valence-electron chi connectivity index (χ0n) is 14.8. The SMILES string of the molecule is CC(=O)Nc1ccc(-c2cccc3cc(C4OC4N=C(N)N)ccc23)cc1. The molecule has 2 unspecified atom stereocenters. The molecule has 3 aromatic rings. The molecule has 1 aliphatic rings. The summed E-state index contributed by atoms with van der Waals surface area (Å²) in [5.41, 5.74) is 14.9. The van der Waals surface area contributed by atoms with Gasteiger partial charge in [-0.25, -0.2) is 4.99 Å². The number of hydrogen-bond acceptors (Lipinski definition) is 3. The third-order valence-electron chi connectivity index (χ3n) is 4.49. The summed E-state index contributed by atoms with van der Waals surface area (Å²) in [5.74, 6) is -0.0462. The monoisotopic (exact) mass is 360 g/mol. The molecule has 1 aliphatic heterocycles. The average Bonchev–Trinajstić information content (AvgIpc) is 3.39. The second-order valence-electron chi connectivity index (χ2n) is 6.55. The molecule has 3 aromatic carbocycles. The fraction of sp³-hybridized carbons (Fsp3) is 0.143. The molecular formula is C21H20N4O2. The lowest BCUT2D eigenvalue weighted by atomic mass is 9.96. The van der Waals surface area contributed by atoms with Crippen LogP contribution in [0.3, 0.4) is 0 Å². The third kappa shape index (κ3) is 3.61. The second-order valence-corrected chi connectivity index (χ2v) is 6.55. The number of aliphatic imine (C=N–C) groups is 1. The molecular weight excluding hydrogens is 340 g/mol. The number of hydrogen-bond donors (Lipinski definition) is 3. The van der Waals surface area contributed by atoms with Gasteiger partial charge in [0.15, 0.2) is 12.2 Å². The van der Waals surface area contributed by atoms with Crippen molar-refractivity contribution in [1.29, 1.82) is 0 Å². The zero-order chi connectivity index (χ0) is 19.0. The molecule has 0 radical (unpaired) electrons. The van der Waals surface area contributed by atoms with Gasteiger partial charge in [0.2, 0.25) is 5.91 Å². The van der Waals surface area contributed by atoms with Gasteiger partial charge in [-0.1, -0.05) is 42.5 Å². The van der Waals surface area contributed by atoms with Gasteiger partial charge in [-0.2, -0.15) is 0 Å². The first-order valence-corrected chi connectivity index (χ1v) is 8.66. The Kier molecular flexibility index (Phi) is 4.25. The van der Waals surface area contributed by atoms with Crippen molar-refractivity contribution in [3.63, 3.8) is 0 Å². The lowest BCUT2D eigenvalue weighted by molar-refractivity contribution is -0.114. The van der Waals surface area contributed by atoms with Crippen LogP contribution in [0.25, 0.3) is 21.9 Å². The van der Waals surface area contributed by atoms with Crippen LogP contribution in [-0.2, 0) is 9.53 Å². The Morgan fingerprint density at radius 3 is 2.56 bits per heavy atom. The maximum Gasteiger partial charge on any atom is 0.221 e. The van der Waals surface area contributed by atoms with Crippen LogP contribution in [0.15, 0.2) is 65.7 Å². The number of guanidine groups is 1. The van der Waals surface area contributed by atoms with Crippen molar-refractivity contribution >= 4 is 28.3 Å². The molecule has 27 heavy (non-hydrogen) atoms. The van der Waals surface area contributed by atoms with Crippen LogP contribution in [0.2, 0.25) is 0 Å². The predicted octanol–water partition coefficient (Wildman–Crippen LogP) is 3.14. The maximum atomic E-state index is 11.2. The number of ether oxygens (including phenoxy) is 1. The number of amides is 1. The van der Waals surface area contributed by atoms with Crippen LogP contribution in [0, 0.1) is 0 Å². The highest BCUT2D eigenvalue weighted by atomic mass is 16.6. The molecule has 1 amide bonds. The first kappa shape index (κ1) is 17.1. The Labute approximate surface area is 156 Å². The zero-order valence-corrected chi connectivity index (χ0v) is 14.8. The molecule has 5 N–H and O–H groups in total. The molecule has 136 valence electrons. The predicted molar refractivity (Wildman–Crippen MR) is 107 cm³/mol. The Morgan fingerprint density at radius 2 is 1.85 bits per heavy atom. The molecule has 1 saturated heterocycles. The third-order valence-corrected chi connectivity index (χ3v) is 4.49. The molecule has 1 fully saturated rings. The summed E-state index contributed by atoms with van der Waals surface area (Å²) in [6.45, 7) is 1.50. The normalized spacial score (nSPS) is 18.1. The maximum absolute atomic E-state index is 11.2. The lowest BCUT2D eigenvalue weighted by Gasteiger charge is -2.09. The van der Waals surface area contributed by atoms with Gasteiger partial charge in [-0.05, 0) is 45.7 Å². The molecule has 0 aromatic heterocycles. The number of nitrogens with one attached hydrogen (secondary N) is 1. The number of carbonyl (C=O) groups is 1. The highest BCUT2D eigenvalue weighted by Gasteiger charge is 2.40. The van der Waals surface area contributed by atoms with Gasteiger partial charge in [-0.3, -0.25) is 4.79 Å². The number of carbonyl (C=O) groups excluding carboxylic acids is 1. The number of fused-ring (bicyclic) bond motifs is 1. The summed E-state index contributed by atoms with van der Waals surface area (Å²) in [4.78, 5) is 15.2. The first-order valence-electron chi connectivity index (χ1n) is 8.66. The summed E-state index contributed by atoms with van der Waals surface area (Å²) in [5, 5.41) is 5.05. The van der Waals surface area contributed by atoms with Crippen molar-refractivity contribution in [2.45, 2.75) is 19.3 Å². The van der Waals surface area contributed by atoms with Crippen molar-refractivity contribution in [1.82, 2.24) is 0 Å². The van der Waals surface area contributed by atoms with Gasteiger partial charge in [-0.15, -0.1) is 0 Å². The van der Waals surface area contributed by atoms with E-state index in [1.54, 1.807) is 0 Å². The van der Waals surface area contributed by atoms with E-state index in [1.807, 2.05) is 36.4 Å². The topological polar surface area (TPSA) is 106 Å². The van der Waals surface area contributed by atoms with Crippen molar-refractivity contribution in [2.24, 2.45) is 16.5 Å². The quantitative estimate of drug-likeness (QED) is 0.377. The highest BCUT2D eigenvalue weighted by Crippen LogP contribution is 2.41. The van der Waals surface area contributed by atoms with E-state index in [0.717, 1.165) is 33.2 Å². The van der Waals surface area contributed by atoms with Gasteiger partial charge in [0.25, 0.3) is 0 Å². The number of epoxide rings is 1. The Balaban J connectivity index is 1.65. The van der Waals surface area contributed by atoms with E-state index >= 15 is 0 Å². The van der Waals surface area contributed by atoms with E-state index in [1.165, 1.54) is 6.92 Å². The van der Waals surface area contributed by atoms with Crippen molar-refractivity contribution in [3.8, 4) is 11.1 Å². The van der Waals surface area contributed by atoms with Crippen molar-refractivity contribution in [3.05, 3.63) is 66.2 Å². The number of nitrogens with zero attached hydrogens (tertiary/aromatic N) is 1. The van der Waals surface area contributed by atoms with Crippen LogP contribution in [0.4, 0.5) is 5.69 Å². The molecule has 0 bridgehead atoms. The van der Waals surface area contributed by atoms with E-state index < -0.39 is 0 Å². The minimum Gasteiger partial charge on any atom is -0.370 e. The number of rotatable bonds is 4. The van der Waals surface area contributed by atoms with Crippen molar-refractivity contribution in [2.75, 3.05) is 5.32 Å². The van der Waals surface area contributed by atoms with Gasteiger partial charge in [0.1, 0.15) is 6.10 Å². The Hall–Kier alpha value is -3.38. The van der Waals surface area contributed by atoms with Gasteiger partial charge >= 0.3 is 0 Å². The smallest absolute Gasteiger partial charge is 0.221 e. The summed E-state index contributed by atoms with van der Waals surface area (Å²) >= 11 is 0. The summed E-state index contributed by atoms with van der Waals surface area (Å²) < 4.78 is 5.54. The molecule has 0 spiro atoms. The standard InChI is InChI=1S/C21H20N4O2/c1-12(26)24-16-8-5-13(6-9-16)17-4-2-3-14-11-15(7-10-18(14)17)19-20(27-19)25-21(22)23/h2-11,19-20H,1H3,(H,24,26)(H4,22,23,25). The Morgan fingerprint density at radius 1 is 1.07 bits per heavy atom. The molecule has 0 saturated carbocycles. The first-order chi connectivity index (χ1) is 13.0.